The molecule has 0 spiro atoms. The average Bonchev–Trinajstić information content (AvgIpc) is 3.10. The Kier molecular flexibility index (Phi) is 4.93. The normalized spacial score (nSPS) is 18.0. The lowest BCUT2D eigenvalue weighted by atomic mass is 10.0. The van der Waals surface area contributed by atoms with Crippen molar-refractivity contribution in [1.82, 2.24) is 24.6 Å². The minimum atomic E-state index is 0.403. The summed E-state index contributed by atoms with van der Waals surface area (Å²) in [5, 5.41) is 12.2. The van der Waals surface area contributed by atoms with Crippen molar-refractivity contribution in [3.8, 4) is 11.5 Å². The molecule has 26 heavy (non-hydrogen) atoms. The maximum absolute atomic E-state index is 4.35. The highest BCUT2D eigenvalue weighted by Gasteiger charge is 2.20. The second kappa shape index (κ2) is 7.66. The lowest BCUT2D eigenvalue weighted by Crippen LogP contribution is -2.41. The molecule has 1 atom stereocenters. The number of piperidine rings is 1. The molecule has 6 heteroatoms. The first-order chi connectivity index (χ1) is 12.8. The van der Waals surface area contributed by atoms with Gasteiger partial charge in [-0.05, 0) is 37.1 Å². The van der Waals surface area contributed by atoms with E-state index in [0.29, 0.717) is 6.04 Å². The van der Waals surface area contributed by atoms with Crippen molar-refractivity contribution in [3.63, 3.8) is 0 Å². The quantitative estimate of drug-likeness (QED) is 0.768. The molecule has 1 aliphatic heterocycles. The van der Waals surface area contributed by atoms with Gasteiger partial charge >= 0.3 is 0 Å². The van der Waals surface area contributed by atoms with Crippen LogP contribution in [-0.4, -0.2) is 43.8 Å². The van der Waals surface area contributed by atoms with Crippen LogP contribution < -0.4 is 5.32 Å². The highest BCUT2D eigenvalue weighted by Crippen LogP contribution is 2.18. The van der Waals surface area contributed by atoms with Crippen LogP contribution in [0.5, 0.6) is 0 Å². The topological polar surface area (TPSA) is 58.9 Å². The number of hydrogen-bond acceptors (Lipinski definition) is 5. The monoisotopic (exact) mass is 348 g/mol. The van der Waals surface area contributed by atoms with Crippen molar-refractivity contribution >= 4 is 5.82 Å². The molecule has 0 radical (unpaired) electrons. The number of imidazole rings is 1. The molecule has 1 aromatic carbocycles. The van der Waals surface area contributed by atoms with Crippen LogP contribution in [0.4, 0.5) is 5.82 Å². The first-order valence-electron chi connectivity index (χ1n) is 9.12. The van der Waals surface area contributed by atoms with Crippen molar-refractivity contribution in [2.24, 2.45) is 7.05 Å². The van der Waals surface area contributed by atoms with E-state index < -0.39 is 0 Å². The van der Waals surface area contributed by atoms with Gasteiger partial charge in [-0.3, -0.25) is 4.90 Å². The number of hydrogen-bond donors (Lipinski definition) is 1. The summed E-state index contributed by atoms with van der Waals surface area (Å²) in [4.78, 5) is 6.82. The SMILES string of the molecule is Cn1ccnc1-c1ccc(N[C@@H]2CCCN(Cc3ccccc3)C2)nn1. The number of aromatic nitrogens is 4. The van der Waals surface area contributed by atoms with Crippen molar-refractivity contribution in [3.05, 3.63) is 60.4 Å². The Morgan fingerprint density at radius 3 is 2.73 bits per heavy atom. The summed E-state index contributed by atoms with van der Waals surface area (Å²) >= 11 is 0. The van der Waals surface area contributed by atoms with E-state index >= 15 is 0 Å². The van der Waals surface area contributed by atoms with Crippen LogP contribution in [0, 0.1) is 0 Å². The Hall–Kier alpha value is -2.73. The number of nitrogens with one attached hydrogen (secondary N) is 1. The molecule has 0 aliphatic carbocycles. The Labute approximate surface area is 153 Å². The van der Waals surface area contributed by atoms with Gasteiger partial charge in [-0.1, -0.05) is 30.3 Å². The first-order valence-corrected chi connectivity index (χ1v) is 9.12. The molecule has 2 aromatic heterocycles. The Morgan fingerprint density at radius 2 is 2.00 bits per heavy atom. The minimum Gasteiger partial charge on any atom is -0.365 e. The van der Waals surface area contributed by atoms with E-state index in [2.05, 4.69) is 55.7 Å². The lowest BCUT2D eigenvalue weighted by molar-refractivity contribution is 0.208. The van der Waals surface area contributed by atoms with E-state index in [0.717, 1.165) is 43.4 Å². The Bertz CT molecular complexity index is 827. The average molecular weight is 348 g/mol. The summed E-state index contributed by atoms with van der Waals surface area (Å²) in [6, 6.07) is 15.0. The van der Waals surface area contributed by atoms with Gasteiger partial charge in [0.05, 0.1) is 0 Å². The summed E-state index contributed by atoms with van der Waals surface area (Å²) in [5.74, 6) is 1.66. The zero-order valence-electron chi connectivity index (χ0n) is 15.0. The van der Waals surface area contributed by atoms with E-state index in [1.54, 1.807) is 6.20 Å². The number of likely N-dealkylation sites (tertiary alicyclic amines) is 1. The molecule has 0 unspecified atom stereocenters. The fraction of sp³-hybridized carbons (Fsp3) is 0.350. The maximum Gasteiger partial charge on any atom is 0.160 e. The third kappa shape index (κ3) is 3.91. The summed E-state index contributed by atoms with van der Waals surface area (Å²) in [5.41, 5.74) is 2.16. The third-order valence-corrected chi connectivity index (χ3v) is 4.82. The molecule has 0 bridgehead atoms. The predicted octanol–water partition coefficient (Wildman–Crippen LogP) is 2.95. The maximum atomic E-state index is 4.35. The largest absolute Gasteiger partial charge is 0.365 e. The molecule has 6 nitrogen and oxygen atoms in total. The van der Waals surface area contributed by atoms with Crippen molar-refractivity contribution in [1.29, 1.82) is 0 Å². The second-order valence-electron chi connectivity index (χ2n) is 6.87. The van der Waals surface area contributed by atoms with Crippen LogP contribution in [0.25, 0.3) is 11.5 Å². The van der Waals surface area contributed by atoms with Crippen LogP contribution in [0.1, 0.15) is 18.4 Å². The van der Waals surface area contributed by atoms with E-state index in [9.17, 15) is 0 Å². The molecule has 1 fully saturated rings. The van der Waals surface area contributed by atoms with Crippen LogP contribution in [0.3, 0.4) is 0 Å². The molecule has 0 saturated carbocycles. The molecular formula is C20H24N6. The van der Waals surface area contributed by atoms with Gasteiger partial charge < -0.3 is 9.88 Å². The van der Waals surface area contributed by atoms with E-state index in [-0.39, 0.29) is 0 Å². The number of benzene rings is 1. The molecule has 1 N–H and O–H groups in total. The zero-order valence-corrected chi connectivity index (χ0v) is 15.0. The fourth-order valence-electron chi connectivity index (χ4n) is 3.51. The summed E-state index contributed by atoms with van der Waals surface area (Å²) in [7, 11) is 1.96. The standard InChI is InChI=1S/C20H24N6/c1-25-13-11-21-20(25)18-9-10-19(24-23-18)22-17-8-5-12-26(15-17)14-16-6-3-2-4-7-16/h2-4,6-7,9-11,13,17H,5,8,12,14-15H2,1H3,(H,22,24)/t17-/m1/s1. The number of rotatable bonds is 5. The first kappa shape index (κ1) is 16.7. The Balaban J connectivity index is 1.37. The van der Waals surface area contributed by atoms with Gasteiger partial charge in [0.25, 0.3) is 0 Å². The summed E-state index contributed by atoms with van der Waals surface area (Å²) in [6.07, 6.45) is 6.04. The zero-order chi connectivity index (χ0) is 17.8. The van der Waals surface area contributed by atoms with Crippen LogP contribution in [-0.2, 0) is 13.6 Å². The number of anilines is 1. The van der Waals surface area contributed by atoms with Gasteiger partial charge in [-0.15, -0.1) is 10.2 Å². The molecule has 3 aromatic rings. The van der Waals surface area contributed by atoms with Gasteiger partial charge in [-0.2, -0.15) is 0 Å². The van der Waals surface area contributed by atoms with E-state index in [1.807, 2.05) is 29.9 Å². The van der Waals surface area contributed by atoms with Crippen LogP contribution in [0.2, 0.25) is 0 Å². The predicted molar refractivity (Wildman–Crippen MR) is 103 cm³/mol. The van der Waals surface area contributed by atoms with Gasteiger partial charge in [-0.25, -0.2) is 4.98 Å². The molecular weight excluding hydrogens is 324 g/mol. The molecule has 1 aliphatic rings. The van der Waals surface area contributed by atoms with Crippen molar-refractivity contribution < 1.29 is 0 Å². The smallest absolute Gasteiger partial charge is 0.160 e. The van der Waals surface area contributed by atoms with Crippen molar-refractivity contribution in [2.45, 2.75) is 25.4 Å². The van der Waals surface area contributed by atoms with Crippen LogP contribution >= 0.6 is 0 Å². The van der Waals surface area contributed by atoms with E-state index in [4.69, 9.17) is 0 Å². The molecule has 1 saturated heterocycles. The van der Waals surface area contributed by atoms with Gasteiger partial charge in [0, 0.05) is 38.6 Å². The third-order valence-electron chi connectivity index (χ3n) is 4.82. The molecule has 0 amide bonds. The molecule has 3 heterocycles. The molecule has 134 valence electrons. The summed E-state index contributed by atoms with van der Waals surface area (Å²) < 4.78 is 1.94. The van der Waals surface area contributed by atoms with E-state index in [1.165, 1.54) is 12.0 Å². The van der Waals surface area contributed by atoms with Gasteiger partial charge in [0.1, 0.15) is 11.5 Å². The number of aryl methyl sites for hydroxylation is 1. The summed E-state index contributed by atoms with van der Waals surface area (Å²) in [6.45, 7) is 3.18. The highest BCUT2D eigenvalue weighted by molar-refractivity contribution is 5.51. The fourth-order valence-corrected chi connectivity index (χ4v) is 3.51. The van der Waals surface area contributed by atoms with Crippen molar-refractivity contribution in [2.75, 3.05) is 18.4 Å². The lowest BCUT2D eigenvalue weighted by Gasteiger charge is -2.33. The van der Waals surface area contributed by atoms with Gasteiger partial charge in [0.2, 0.25) is 0 Å². The van der Waals surface area contributed by atoms with Gasteiger partial charge in [0.15, 0.2) is 5.82 Å². The van der Waals surface area contributed by atoms with Crippen LogP contribution in [0.15, 0.2) is 54.9 Å². The number of nitrogens with zero attached hydrogens (tertiary/aromatic N) is 5. The Morgan fingerprint density at radius 1 is 1.12 bits per heavy atom. The highest BCUT2D eigenvalue weighted by atomic mass is 15.2. The molecule has 4 rings (SSSR count). The second-order valence-corrected chi connectivity index (χ2v) is 6.87. The minimum absolute atomic E-state index is 0.403.